The summed E-state index contributed by atoms with van der Waals surface area (Å²) < 4.78 is 1.97. The summed E-state index contributed by atoms with van der Waals surface area (Å²) in [4.78, 5) is 4.25. The first-order chi connectivity index (χ1) is 9.80. The number of aryl methyl sites for hydroxylation is 2. The normalized spacial score (nSPS) is 12.6. The van der Waals surface area contributed by atoms with E-state index < -0.39 is 0 Å². The van der Waals surface area contributed by atoms with Gasteiger partial charge in [0.1, 0.15) is 0 Å². The second-order valence-corrected chi connectivity index (χ2v) is 4.94. The molecule has 1 atom stereocenters. The molecule has 0 fully saturated rings. The maximum Gasteiger partial charge on any atom is 0.0611 e. The number of rotatable bonds is 7. The fraction of sp³-hybridized carbons (Fsp3) is 0.500. The van der Waals surface area contributed by atoms with Crippen LogP contribution in [0.5, 0.6) is 0 Å². The first-order valence-electron chi connectivity index (χ1n) is 7.48. The zero-order valence-corrected chi connectivity index (χ0v) is 12.6. The molecule has 2 heterocycles. The van der Waals surface area contributed by atoms with Gasteiger partial charge < -0.3 is 5.32 Å². The summed E-state index contributed by atoms with van der Waals surface area (Å²) >= 11 is 0. The maximum absolute atomic E-state index is 4.41. The molecule has 2 aromatic heterocycles. The summed E-state index contributed by atoms with van der Waals surface area (Å²) in [5.74, 6) is 0. The van der Waals surface area contributed by atoms with Crippen LogP contribution in [0.25, 0.3) is 0 Å². The van der Waals surface area contributed by atoms with E-state index >= 15 is 0 Å². The highest BCUT2D eigenvalue weighted by Gasteiger charge is 2.17. The first kappa shape index (κ1) is 14.7. The molecule has 0 saturated heterocycles. The Morgan fingerprint density at radius 1 is 1.25 bits per heavy atom. The van der Waals surface area contributed by atoms with Gasteiger partial charge in [0, 0.05) is 30.7 Å². The van der Waals surface area contributed by atoms with Gasteiger partial charge in [-0.2, -0.15) is 5.10 Å². The molecule has 0 radical (unpaired) electrons. The highest BCUT2D eigenvalue weighted by molar-refractivity contribution is 5.34. The Labute approximate surface area is 121 Å². The number of nitrogens with zero attached hydrogens (tertiary/aromatic N) is 3. The molecule has 4 heteroatoms. The minimum atomic E-state index is 0.202. The van der Waals surface area contributed by atoms with Gasteiger partial charge >= 0.3 is 0 Å². The molecule has 1 unspecified atom stereocenters. The second kappa shape index (κ2) is 7.20. The molecule has 0 aliphatic rings. The standard InChI is InChI=1S/C16H24N4/c1-4-8-18-16(14-11-19-20(6-3)12-14)15-7-9-17-10-13(15)5-2/h7,9-12,16,18H,4-6,8H2,1-3H3. The van der Waals surface area contributed by atoms with E-state index in [2.05, 4.69) is 48.4 Å². The third-order valence-corrected chi connectivity index (χ3v) is 3.54. The van der Waals surface area contributed by atoms with E-state index in [0.29, 0.717) is 0 Å². The minimum absolute atomic E-state index is 0.202. The van der Waals surface area contributed by atoms with Gasteiger partial charge in [-0.05, 0) is 43.5 Å². The molecule has 0 spiro atoms. The highest BCUT2D eigenvalue weighted by Crippen LogP contribution is 2.24. The average molecular weight is 272 g/mol. The van der Waals surface area contributed by atoms with E-state index in [9.17, 15) is 0 Å². The molecule has 0 aliphatic heterocycles. The first-order valence-corrected chi connectivity index (χ1v) is 7.48. The largest absolute Gasteiger partial charge is 0.306 e. The lowest BCUT2D eigenvalue weighted by Crippen LogP contribution is -2.24. The Morgan fingerprint density at radius 2 is 2.10 bits per heavy atom. The van der Waals surface area contributed by atoms with Crippen molar-refractivity contribution < 1.29 is 0 Å². The number of aromatic nitrogens is 3. The van der Waals surface area contributed by atoms with Crippen LogP contribution in [0.3, 0.4) is 0 Å². The Bertz CT molecular complexity index is 533. The van der Waals surface area contributed by atoms with Crippen molar-refractivity contribution in [2.24, 2.45) is 0 Å². The number of nitrogens with one attached hydrogen (secondary N) is 1. The second-order valence-electron chi connectivity index (χ2n) is 4.94. The van der Waals surface area contributed by atoms with E-state index in [1.54, 1.807) is 0 Å². The summed E-state index contributed by atoms with van der Waals surface area (Å²) in [6.45, 7) is 8.36. The van der Waals surface area contributed by atoms with Crippen molar-refractivity contribution in [2.45, 2.75) is 46.2 Å². The third-order valence-electron chi connectivity index (χ3n) is 3.54. The molecule has 0 bridgehead atoms. The Hall–Kier alpha value is -1.68. The lowest BCUT2D eigenvalue weighted by Gasteiger charge is -2.20. The van der Waals surface area contributed by atoms with E-state index in [1.807, 2.05) is 23.3 Å². The van der Waals surface area contributed by atoms with Gasteiger partial charge in [0.25, 0.3) is 0 Å². The molecule has 0 aliphatic carbocycles. The molecular formula is C16H24N4. The van der Waals surface area contributed by atoms with Crippen LogP contribution in [-0.2, 0) is 13.0 Å². The molecule has 0 amide bonds. The lowest BCUT2D eigenvalue weighted by atomic mass is 9.96. The SMILES string of the molecule is CCCNC(c1cnn(CC)c1)c1ccncc1CC. The van der Waals surface area contributed by atoms with Crippen molar-refractivity contribution in [1.29, 1.82) is 0 Å². The van der Waals surface area contributed by atoms with Crippen LogP contribution >= 0.6 is 0 Å². The topological polar surface area (TPSA) is 42.7 Å². The lowest BCUT2D eigenvalue weighted by molar-refractivity contribution is 0.592. The van der Waals surface area contributed by atoms with Crippen LogP contribution in [-0.4, -0.2) is 21.3 Å². The number of pyridine rings is 1. The van der Waals surface area contributed by atoms with Gasteiger partial charge in [-0.1, -0.05) is 13.8 Å². The van der Waals surface area contributed by atoms with Crippen LogP contribution in [0.1, 0.15) is 49.9 Å². The number of hydrogen-bond acceptors (Lipinski definition) is 3. The van der Waals surface area contributed by atoms with Gasteiger partial charge in [-0.25, -0.2) is 0 Å². The van der Waals surface area contributed by atoms with Crippen molar-refractivity contribution >= 4 is 0 Å². The molecular weight excluding hydrogens is 248 g/mol. The van der Waals surface area contributed by atoms with Gasteiger partial charge in [-0.3, -0.25) is 9.67 Å². The van der Waals surface area contributed by atoms with E-state index in [4.69, 9.17) is 0 Å². The Balaban J connectivity index is 2.35. The predicted octanol–water partition coefficient (Wildman–Crippen LogP) is 2.95. The van der Waals surface area contributed by atoms with E-state index in [-0.39, 0.29) is 6.04 Å². The Kier molecular flexibility index (Phi) is 5.30. The summed E-state index contributed by atoms with van der Waals surface area (Å²) in [7, 11) is 0. The summed E-state index contributed by atoms with van der Waals surface area (Å²) in [5, 5.41) is 8.04. The third kappa shape index (κ3) is 3.25. The van der Waals surface area contributed by atoms with Crippen molar-refractivity contribution in [3.05, 3.63) is 47.5 Å². The van der Waals surface area contributed by atoms with Gasteiger partial charge in [0.2, 0.25) is 0 Å². The van der Waals surface area contributed by atoms with Gasteiger partial charge in [0.15, 0.2) is 0 Å². The average Bonchev–Trinajstić information content (AvgIpc) is 2.97. The fourth-order valence-corrected chi connectivity index (χ4v) is 2.41. The quantitative estimate of drug-likeness (QED) is 0.842. The fourth-order valence-electron chi connectivity index (χ4n) is 2.41. The maximum atomic E-state index is 4.41. The summed E-state index contributed by atoms with van der Waals surface area (Å²) in [6.07, 6.45) is 10.1. The Morgan fingerprint density at radius 3 is 2.75 bits per heavy atom. The monoisotopic (exact) mass is 272 g/mol. The van der Waals surface area contributed by atoms with Crippen molar-refractivity contribution in [3.8, 4) is 0 Å². The molecule has 2 rings (SSSR count). The molecule has 20 heavy (non-hydrogen) atoms. The van der Waals surface area contributed by atoms with Gasteiger partial charge in [-0.15, -0.1) is 0 Å². The smallest absolute Gasteiger partial charge is 0.0611 e. The highest BCUT2D eigenvalue weighted by atomic mass is 15.3. The number of hydrogen-bond donors (Lipinski definition) is 1. The van der Waals surface area contributed by atoms with Crippen LogP contribution in [0.2, 0.25) is 0 Å². The zero-order valence-electron chi connectivity index (χ0n) is 12.6. The molecule has 2 aromatic rings. The molecule has 0 aromatic carbocycles. The van der Waals surface area contributed by atoms with Crippen LogP contribution < -0.4 is 5.32 Å². The minimum Gasteiger partial charge on any atom is -0.306 e. The van der Waals surface area contributed by atoms with Crippen LogP contribution in [0.15, 0.2) is 30.9 Å². The van der Waals surface area contributed by atoms with Crippen molar-refractivity contribution in [1.82, 2.24) is 20.1 Å². The molecule has 0 saturated carbocycles. The summed E-state index contributed by atoms with van der Waals surface area (Å²) in [6, 6.07) is 2.32. The van der Waals surface area contributed by atoms with Crippen LogP contribution in [0.4, 0.5) is 0 Å². The summed E-state index contributed by atoms with van der Waals surface area (Å²) in [5.41, 5.74) is 3.83. The van der Waals surface area contributed by atoms with Crippen LogP contribution in [0, 0.1) is 0 Å². The zero-order chi connectivity index (χ0) is 14.4. The molecule has 1 N–H and O–H groups in total. The van der Waals surface area contributed by atoms with Crippen molar-refractivity contribution in [3.63, 3.8) is 0 Å². The van der Waals surface area contributed by atoms with Gasteiger partial charge in [0.05, 0.1) is 12.2 Å². The van der Waals surface area contributed by atoms with Crippen molar-refractivity contribution in [2.75, 3.05) is 6.54 Å². The molecule has 108 valence electrons. The van der Waals surface area contributed by atoms with E-state index in [1.165, 1.54) is 16.7 Å². The molecule has 4 nitrogen and oxygen atoms in total. The van der Waals surface area contributed by atoms with E-state index in [0.717, 1.165) is 25.9 Å². The predicted molar refractivity (Wildman–Crippen MR) is 81.7 cm³/mol.